The Morgan fingerprint density at radius 3 is 2.78 bits per heavy atom. The zero-order valence-corrected chi connectivity index (χ0v) is 12.1. The van der Waals surface area contributed by atoms with Gasteiger partial charge >= 0.3 is 0 Å². The molecule has 0 spiro atoms. The second-order valence-corrected chi connectivity index (χ2v) is 5.40. The van der Waals surface area contributed by atoms with Crippen LogP contribution in [-0.2, 0) is 7.05 Å². The van der Waals surface area contributed by atoms with Gasteiger partial charge in [0.05, 0.1) is 6.20 Å². The molecule has 0 saturated carbocycles. The van der Waals surface area contributed by atoms with Crippen molar-refractivity contribution in [3.63, 3.8) is 0 Å². The van der Waals surface area contributed by atoms with Crippen molar-refractivity contribution in [2.24, 2.45) is 7.05 Å². The van der Waals surface area contributed by atoms with Gasteiger partial charge in [0.25, 0.3) is 0 Å². The van der Waals surface area contributed by atoms with Gasteiger partial charge in [-0.3, -0.25) is 9.58 Å². The van der Waals surface area contributed by atoms with E-state index in [1.165, 1.54) is 18.4 Å². The van der Waals surface area contributed by atoms with E-state index in [-0.39, 0.29) is 0 Å². The predicted molar refractivity (Wildman–Crippen MR) is 74.5 cm³/mol. The fraction of sp³-hybridized carbons (Fsp3) is 0.786. The summed E-state index contributed by atoms with van der Waals surface area (Å²) in [6, 6.07) is 1.73. The van der Waals surface area contributed by atoms with Crippen LogP contribution in [0, 0.1) is 0 Å². The zero-order chi connectivity index (χ0) is 13.1. The first-order valence-corrected chi connectivity index (χ1v) is 7.13. The van der Waals surface area contributed by atoms with Gasteiger partial charge in [-0.05, 0) is 19.8 Å². The number of nitrogens with zero attached hydrogens (tertiary/aromatic N) is 3. The maximum Gasteiger partial charge on any atom is 0.0537 e. The summed E-state index contributed by atoms with van der Waals surface area (Å²) in [7, 11) is 1.99. The lowest BCUT2D eigenvalue weighted by atomic mass is 10.0. The Hall–Kier alpha value is -0.870. The SMILES string of the molecule is CCC1CN(C(C)c2cnn(C)c2)C(CC)CN1. The first-order valence-electron chi connectivity index (χ1n) is 7.13. The topological polar surface area (TPSA) is 33.1 Å². The molecule has 1 aromatic heterocycles. The maximum absolute atomic E-state index is 4.30. The van der Waals surface area contributed by atoms with Crippen molar-refractivity contribution in [2.75, 3.05) is 13.1 Å². The summed E-state index contributed by atoms with van der Waals surface area (Å²) in [6.07, 6.45) is 6.54. The molecule has 1 aliphatic rings. The molecule has 4 heteroatoms. The summed E-state index contributed by atoms with van der Waals surface area (Å²) in [5, 5.41) is 7.95. The van der Waals surface area contributed by atoms with Crippen LogP contribution < -0.4 is 5.32 Å². The quantitative estimate of drug-likeness (QED) is 0.886. The predicted octanol–water partition coefficient (Wildman–Crippen LogP) is 1.94. The molecule has 1 N–H and O–H groups in total. The summed E-state index contributed by atoms with van der Waals surface area (Å²) in [5.41, 5.74) is 1.33. The van der Waals surface area contributed by atoms with E-state index in [1.807, 2.05) is 17.9 Å². The fourth-order valence-corrected chi connectivity index (χ4v) is 2.86. The van der Waals surface area contributed by atoms with E-state index in [0.717, 1.165) is 13.1 Å². The van der Waals surface area contributed by atoms with Gasteiger partial charge < -0.3 is 5.32 Å². The fourth-order valence-electron chi connectivity index (χ4n) is 2.86. The number of hydrogen-bond acceptors (Lipinski definition) is 3. The summed E-state index contributed by atoms with van der Waals surface area (Å²) in [5.74, 6) is 0. The van der Waals surface area contributed by atoms with Gasteiger partial charge in [-0.15, -0.1) is 0 Å². The van der Waals surface area contributed by atoms with Crippen molar-refractivity contribution in [3.8, 4) is 0 Å². The van der Waals surface area contributed by atoms with Crippen molar-refractivity contribution in [1.29, 1.82) is 0 Å². The van der Waals surface area contributed by atoms with Gasteiger partial charge in [-0.25, -0.2) is 0 Å². The van der Waals surface area contributed by atoms with Gasteiger partial charge in [-0.1, -0.05) is 13.8 Å². The van der Waals surface area contributed by atoms with E-state index >= 15 is 0 Å². The number of rotatable bonds is 4. The highest BCUT2D eigenvalue weighted by molar-refractivity contribution is 5.10. The molecule has 0 amide bonds. The smallest absolute Gasteiger partial charge is 0.0537 e. The first kappa shape index (κ1) is 13.6. The van der Waals surface area contributed by atoms with Crippen LogP contribution in [0.3, 0.4) is 0 Å². The number of aromatic nitrogens is 2. The van der Waals surface area contributed by atoms with Crippen LogP contribution in [0.1, 0.15) is 45.2 Å². The lowest BCUT2D eigenvalue weighted by molar-refractivity contribution is 0.0850. The average Bonchev–Trinajstić information content (AvgIpc) is 2.83. The number of nitrogens with one attached hydrogen (secondary N) is 1. The Morgan fingerprint density at radius 2 is 2.22 bits per heavy atom. The van der Waals surface area contributed by atoms with Crippen molar-refractivity contribution in [2.45, 2.75) is 51.7 Å². The molecule has 3 unspecified atom stereocenters. The van der Waals surface area contributed by atoms with E-state index < -0.39 is 0 Å². The molecule has 0 bridgehead atoms. The van der Waals surface area contributed by atoms with Crippen LogP contribution in [0.4, 0.5) is 0 Å². The highest BCUT2D eigenvalue weighted by Gasteiger charge is 2.30. The van der Waals surface area contributed by atoms with Crippen LogP contribution in [0.5, 0.6) is 0 Å². The van der Waals surface area contributed by atoms with Crippen molar-refractivity contribution < 1.29 is 0 Å². The summed E-state index contributed by atoms with van der Waals surface area (Å²) < 4.78 is 1.90. The van der Waals surface area contributed by atoms with Gasteiger partial charge in [0.2, 0.25) is 0 Å². The first-order chi connectivity index (χ1) is 8.65. The number of piperazine rings is 1. The molecular weight excluding hydrogens is 224 g/mol. The number of hydrogen-bond donors (Lipinski definition) is 1. The maximum atomic E-state index is 4.30. The van der Waals surface area contributed by atoms with E-state index in [9.17, 15) is 0 Å². The Bertz CT molecular complexity index is 374. The van der Waals surface area contributed by atoms with Crippen molar-refractivity contribution >= 4 is 0 Å². The van der Waals surface area contributed by atoms with Crippen molar-refractivity contribution in [1.82, 2.24) is 20.0 Å². The minimum absolute atomic E-state index is 0.458. The van der Waals surface area contributed by atoms with Crippen molar-refractivity contribution in [3.05, 3.63) is 18.0 Å². The summed E-state index contributed by atoms with van der Waals surface area (Å²) in [6.45, 7) is 9.10. The molecule has 18 heavy (non-hydrogen) atoms. The molecule has 0 aromatic carbocycles. The molecule has 4 nitrogen and oxygen atoms in total. The van der Waals surface area contributed by atoms with Crippen LogP contribution in [-0.4, -0.2) is 39.9 Å². The Labute approximate surface area is 110 Å². The third kappa shape index (κ3) is 2.75. The van der Waals surface area contributed by atoms with Gasteiger partial charge in [-0.2, -0.15) is 5.10 Å². The molecule has 0 radical (unpaired) electrons. The molecule has 1 saturated heterocycles. The Kier molecular flexibility index (Phi) is 4.40. The van der Waals surface area contributed by atoms with E-state index in [0.29, 0.717) is 18.1 Å². The normalized spacial score (nSPS) is 27.3. The lowest BCUT2D eigenvalue weighted by Crippen LogP contribution is -2.56. The van der Waals surface area contributed by atoms with E-state index in [4.69, 9.17) is 0 Å². The summed E-state index contributed by atoms with van der Waals surface area (Å²) >= 11 is 0. The third-order valence-corrected chi connectivity index (χ3v) is 4.21. The second kappa shape index (κ2) is 5.85. The molecule has 2 heterocycles. The van der Waals surface area contributed by atoms with E-state index in [2.05, 4.69) is 42.3 Å². The highest BCUT2D eigenvalue weighted by atomic mass is 15.3. The minimum Gasteiger partial charge on any atom is -0.311 e. The standard InChI is InChI=1S/C14H26N4/c1-5-13-10-18(14(6-2)8-15-13)11(3)12-7-16-17(4)9-12/h7,9,11,13-15H,5-6,8,10H2,1-4H3. The monoisotopic (exact) mass is 250 g/mol. The lowest BCUT2D eigenvalue weighted by Gasteiger charge is -2.43. The van der Waals surface area contributed by atoms with Crippen LogP contribution in [0.2, 0.25) is 0 Å². The average molecular weight is 250 g/mol. The van der Waals surface area contributed by atoms with Crippen LogP contribution >= 0.6 is 0 Å². The summed E-state index contributed by atoms with van der Waals surface area (Å²) in [4.78, 5) is 2.64. The van der Waals surface area contributed by atoms with Crippen LogP contribution in [0.25, 0.3) is 0 Å². The molecule has 1 aromatic rings. The Morgan fingerprint density at radius 1 is 1.44 bits per heavy atom. The molecule has 3 atom stereocenters. The molecule has 0 aliphatic carbocycles. The molecule has 1 aliphatic heterocycles. The van der Waals surface area contributed by atoms with Crippen LogP contribution in [0.15, 0.2) is 12.4 Å². The Balaban J connectivity index is 2.12. The molecular formula is C14H26N4. The largest absolute Gasteiger partial charge is 0.311 e. The second-order valence-electron chi connectivity index (χ2n) is 5.40. The highest BCUT2D eigenvalue weighted by Crippen LogP contribution is 2.25. The van der Waals surface area contributed by atoms with E-state index in [1.54, 1.807) is 0 Å². The molecule has 2 rings (SSSR count). The van der Waals surface area contributed by atoms with Gasteiger partial charge in [0.1, 0.15) is 0 Å². The zero-order valence-electron chi connectivity index (χ0n) is 12.1. The third-order valence-electron chi connectivity index (χ3n) is 4.21. The van der Waals surface area contributed by atoms with Gasteiger partial charge in [0.15, 0.2) is 0 Å². The van der Waals surface area contributed by atoms with Gasteiger partial charge in [0, 0.05) is 50.0 Å². The number of aryl methyl sites for hydroxylation is 1. The minimum atomic E-state index is 0.458. The molecule has 1 fully saturated rings. The molecule has 102 valence electrons.